The second-order valence-electron chi connectivity index (χ2n) is 12.5. The standard InChI is InChI=1S/C36H40FN7S/c37-30-15-13-29(14-16-30)36(17-7-2-8-18-36)26-38-35(45)41-34-39-32(43-21-19-42(20-22-43)31-11-3-1-4-12-31)23-33(40-34)44-24-27-9-5-6-10-28(27)25-44/h1,3-6,9-16,23H,2,7-8,17-22,24-26H2,(H2,38,39,40,41,45). The molecule has 0 atom stereocenters. The highest BCUT2D eigenvalue weighted by Crippen LogP contribution is 2.39. The molecule has 0 bridgehead atoms. The van der Waals surface area contributed by atoms with Gasteiger partial charge in [-0.05, 0) is 66.0 Å². The molecule has 2 N–H and O–H groups in total. The van der Waals surface area contributed by atoms with Gasteiger partial charge in [-0.1, -0.05) is 73.9 Å². The lowest BCUT2D eigenvalue weighted by molar-refractivity contribution is 0.292. The Kier molecular flexibility index (Phi) is 8.52. The van der Waals surface area contributed by atoms with Crippen LogP contribution in [0.1, 0.15) is 48.8 Å². The molecule has 0 radical (unpaired) electrons. The Morgan fingerprint density at radius 1 is 0.733 bits per heavy atom. The van der Waals surface area contributed by atoms with E-state index in [9.17, 15) is 4.39 Å². The zero-order valence-electron chi connectivity index (χ0n) is 25.6. The maximum Gasteiger partial charge on any atom is 0.232 e. The normalized spacial score (nSPS) is 17.6. The molecule has 2 aliphatic heterocycles. The van der Waals surface area contributed by atoms with Gasteiger partial charge in [-0.2, -0.15) is 9.97 Å². The minimum Gasteiger partial charge on any atom is -0.368 e. The van der Waals surface area contributed by atoms with Crippen molar-refractivity contribution in [3.8, 4) is 0 Å². The van der Waals surface area contributed by atoms with Crippen molar-refractivity contribution in [1.29, 1.82) is 0 Å². The number of benzene rings is 3. The Morgan fingerprint density at radius 3 is 2.00 bits per heavy atom. The molecule has 1 aliphatic carbocycles. The van der Waals surface area contributed by atoms with Crippen LogP contribution < -0.4 is 25.3 Å². The third-order valence-corrected chi connectivity index (χ3v) is 9.92. The first-order valence-electron chi connectivity index (χ1n) is 16.1. The summed E-state index contributed by atoms with van der Waals surface area (Å²) in [7, 11) is 0. The van der Waals surface area contributed by atoms with E-state index in [0.29, 0.717) is 17.6 Å². The number of rotatable bonds is 7. The van der Waals surface area contributed by atoms with Gasteiger partial charge in [-0.25, -0.2) is 4.39 Å². The number of hydrogen-bond donors (Lipinski definition) is 2. The van der Waals surface area contributed by atoms with Crippen LogP contribution in [-0.4, -0.2) is 47.8 Å². The summed E-state index contributed by atoms with van der Waals surface area (Å²) in [5.74, 6) is 2.09. The quantitative estimate of drug-likeness (QED) is 0.223. The Morgan fingerprint density at radius 2 is 1.33 bits per heavy atom. The van der Waals surface area contributed by atoms with Gasteiger partial charge in [0.05, 0.1) is 0 Å². The lowest BCUT2D eigenvalue weighted by Gasteiger charge is -2.38. The first-order valence-corrected chi connectivity index (χ1v) is 16.5. The highest BCUT2D eigenvalue weighted by Gasteiger charge is 2.34. The van der Waals surface area contributed by atoms with Crippen LogP contribution in [0.3, 0.4) is 0 Å². The highest BCUT2D eigenvalue weighted by atomic mass is 32.1. The SMILES string of the molecule is Fc1ccc(C2(CNC(=S)Nc3nc(N4CCN(c5ccccc5)CC4)cc(N4Cc5ccccc5C4)n3)CCCCC2)cc1. The van der Waals surface area contributed by atoms with Crippen molar-refractivity contribution in [1.82, 2.24) is 15.3 Å². The fourth-order valence-corrected chi connectivity index (χ4v) is 7.29. The fourth-order valence-electron chi connectivity index (χ4n) is 7.12. The molecule has 4 aromatic rings. The molecule has 1 saturated heterocycles. The van der Waals surface area contributed by atoms with Crippen molar-refractivity contribution in [3.05, 3.63) is 107 Å². The number of nitrogens with one attached hydrogen (secondary N) is 2. The van der Waals surface area contributed by atoms with E-state index in [1.807, 2.05) is 12.1 Å². The Labute approximate surface area is 270 Å². The fraction of sp³-hybridized carbons (Fsp3) is 0.361. The van der Waals surface area contributed by atoms with Gasteiger partial charge in [-0.15, -0.1) is 0 Å². The van der Waals surface area contributed by atoms with Crippen LogP contribution in [0.15, 0.2) is 84.9 Å². The van der Waals surface area contributed by atoms with Gasteiger partial charge in [0.15, 0.2) is 5.11 Å². The van der Waals surface area contributed by atoms with E-state index in [0.717, 1.165) is 76.6 Å². The Bertz CT molecular complexity index is 1590. The van der Waals surface area contributed by atoms with Gasteiger partial charge in [0.25, 0.3) is 0 Å². The highest BCUT2D eigenvalue weighted by molar-refractivity contribution is 7.80. The van der Waals surface area contributed by atoms with E-state index in [2.05, 4.69) is 86.0 Å². The van der Waals surface area contributed by atoms with E-state index in [-0.39, 0.29) is 11.2 Å². The zero-order chi connectivity index (χ0) is 30.6. The van der Waals surface area contributed by atoms with E-state index in [1.54, 1.807) is 12.1 Å². The number of thiocarbonyl (C=S) groups is 1. The van der Waals surface area contributed by atoms with Gasteiger partial charge < -0.3 is 25.3 Å². The monoisotopic (exact) mass is 621 g/mol. The van der Waals surface area contributed by atoms with Gasteiger partial charge >= 0.3 is 0 Å². The number of hydrogen-bond acceptors (Lipinski definition) is 6. The molecule has 7 rings (SSSR count). The summed E-state index contributed by atoms with van der Waals surface area (Å²) < 4.78 is 13.8. The van der Waals surface area contributed by atoms with Crippen molar-refractivity contribution in [2.24, 2.45) is 0 Å². The van der Waals surface area contributed by atoms with Crippen molar-refractivity contribution in [3.63, 3.8) is 0 Å². The summed E-state index contributed by atoms with van der Waals surface area (Å²) in [6.45, 7) is 5.90. The minimum absolute atomic E-state index is 0.0781. The lowest BCUT2D eigenvalue weighted by Crippen LogP contribution is -2.47. The van der Waals surface area contributed by atoms with Crippen LogP contribution in [0.4, 0.5) is 27.7 Å². The van der Waals surface area contributed by atoms with Gasteiger partial charge in [0.2, 0.25) is 5.95 Å². The molecule has 0 unspecified atom stereocenters. The predicted molar refractivity (Wildman–Crippen MR) is 185 cm³/mol. The lowest BCUT2D eigenvalue weighted by atomic mass is 9.69. The van der Waals surface area contributed by atoms with Crippen molar-refractivity contribution < 1.29 is 4.39 Å². The van der Waals surface area contributed by atoms with Crippen molar-refractivity contribution in [2.75, 3.05) is 52.7 Å². The molecule has 45 heavy (non-hydrogen) atoms. The summed E-state index contributed by atoms with van der Waals surface area (Å²) in [6.07, 6.45) is 5.64. The maximum absolute atomic E-state index is 13.8. The van der Waals surface area contributed by atoms with E-state index >= 15 is 0 Å². The molecule has 3 heterocycles. The molecular weight excluding hydrogens is 582 g/mol. The van der Waals surface area contributed by atoms with Crippen LogP contribution >= 0.6 is 12.2 Å². The van der Waals surface area contributed by atoms with Crippen LogP contribution in [0.2, 0.25) is 0 Å². The molecule has 0 spiro atoms. The third-order valence-electron chi connectivity index (χ3n) is 9.67. The van der Waals surface area contributed by atoms with Crippen LogP contribution in [0.5, 0.6) is 0 Å². The first-order chi connectivity index (χ1) is 22.0. The molecule has 2 fully saturated rings. The molecule has 232 valence electrons. The van der Waals surface area contributed by atoms with E-state index in [1.165, 1.54) is 28.8 Å². The summed E-state index contributed by atoms with van der Waals surface area (Å²) in [5.41, 5.74) is 5.01. The molecule has 1 aromatic heterocycles. The van der Waals surface area contributed by atoms with Crippen LogP contribution in [0, 0.1) is 5.82 Å². The topological polar surface area (TPSA) is 59.6 Å². The van der Waals surface area contributed by atoms with Gasteiger partial charge in [0.1, 0.15) is 17.5 Å². The van der Waals surface area contributed by atoms with Crippen molar-refractivity contribution in [2.45, 2.75) is 50.6 Å². The number of piperazine rings is 1. The first kappa shape index (κ1) is 29.5. The smallest absolute Gasteiger partial charge is 0.232 e. The summed E-state index contributed by atoms with van der Waals surface area (Å²) in [5, 5.41) is 7.33. The number of fused-ring (bicyclic) bond motifs is 1. The summed E-state index contributed by atoms with van der Waals surface area (Å²) in [6, 6.07) is 28.3. The molecule has 3 aliphatic rings. The minimum atomic E-state index is -0.203. The molecule has 1 saturated carbocycles. The Balaban J connectivity index is 1.09. The number of nitrogens with zero attached hydrogens (tertiary/aromatic N) is 5. The van der Waals surface area contributed by atoms with Gasteiger partial charge in [0, 0.05) is 63.0 Å². The summed E-state index contributed by atoms with van der Waals surface area (Å²) in [4.78, 5) is 17.0. The number of halogens is 1. The largest absolute Gasteiger partial charge is 0.368 e. The molecule has 0 amide bonds. The number of anilines is 4. The third kappa shape index (κ3) is 6.59. The van der Waals surface area contributed by atoms with Crippen LogP contribution in [0.25, 0.3) is 0 Å². The second kappa shape index (κ2) is 13.0. The second-order valence-corrected chi connectivity index (χ2v) is 12.9. The predicted octanol–water partition coefficient (Wildman–Crippen LogP) is 6.65. The molecular formula is C36H40FN7S. The van der Waals surface area contributed by atoms with E-state index in [4.69, 9.17) is 22.2 Å². The molecule has 7 nitrogen and oxygen atoms in total. The van der Waals surface area contributed by atoms with Crippen LogP contribution in [-0.2, 0) is 18.5 Å². The number of para-hydroxylation sites is 1. The average molecular weight is 622 g/mol. The summed E-state index contributed by atoms with van der Waals surface area (Å²) >= 11 is 5.83. The number of aromatic nitrogens is 2. The average Bonchev–Trinajstić information content (AvgIpc) is 3.53. The van der Waals surface area contributed by atoms with Crippen molar-refractivity contribution >= 4 is 40.6 Å². The van der Waals surface area contributed by atoms with E-state index < -0.39 is 0 Å². The molecule has 3 aromatic carbocycles. The molecule has 9 heteroatoms. The Hall–Kier alpha value is -4.24. The van der Waals surface area contributed by atoms with Gasteiger partial charge in [-0.3, -0.25) is 0 Å². The zero-order valence-corrected chi connectivity index (χ0v) is 26.4. The maximum atomic E-state index is 13.8.